The lowest BCUT2D eigenvalue weighted by atomic mass is 10.0. The van der Waals surface area contributed by atoms with Gasteiger partial charge in [-0.1, -0.05) is 0 Å². The van der Waals surface area contributed by atoms with Crippen LogP contribution in [0.25, 0.3) is 16.7 Å². The summed E-state index contributed by atoms with van der Waals surface area (Å²) < 4.78 is 29.9. The number of nitrogens with one attached hydrogen (secondary N) is 1. The zero-order valence-corrected chi connectivity index (χ0v) is 17.7. The molecule has 0 amide bonds. The molecule has 33 heavy (non-hydrogen) atoms. The summed E-state index contributed by atoms with van der Waals surface area (Å²) in [6.45, 7) is 1.67. The van der Waals surface area contributed by atoms with Crippen molar-refractivity contribution in [3.63, 3.8) is 0 Å². The highest BCUT2D eigenvalue weighted by Crippen LogP contribution is 2.37. The first kappa shape index (κ1) is 20.1. The number of aliphatic hydroxyl groups is 1. The summed E-state index contributed by atoms with van der Waals surface area (Å²) in [5.41, 5.74) is 1.52. The van der Waals surface area contributed by atoms with Gasteiger partial charge in [0.25, 0.3) is 5.56 Å². The van der Waals surface area contributed by atoms with Gasteiger partial charge in [0.1, 0.15) is 23.1 Å². The van der Waals surface area contributed by atoms with E-state index in [0.717, 1.165) is 18.6 Å². The Morgan fingerprint density at radius 2 is 2.00 bits per heavy atom. The molecule has 8 nitrogen and oxygen atoms in total. The molecule has 0 bridgehead atoms. The number of anilines is 2. The van der Waals surface area contributed by atoms with Crippen LogP contribution in [0, 0.1) is 11.6 Å². The quantitative estimate of drug-likeness (QED) is 0.497. The van der Waals surface area contributed by atoms with Gasteiger partial charge in [0.05, 0.1) is 17.5 Å². The Kier molecular flexibility index (Phi) is 4.58. The van der Waals surface area contributed by atoms with E-state index in [9.17, 15) is 18.7 Å². The van der Waals surface area contributed by atoms with Gasteiger partial charge in [-0.25, -0.2) is 18.3 Å². The highest BCUT2D eigenvalue weighted by atomic mass is 19.1. The number of β-amino-alcohol motifs (C(OH)–C–C–N with tert-alkyl or cyclic N) is 1. The number of aromatic amines is 1. The van der Waals surface area contributed by atoms with Gasteiger partial charge < -0.3 is 19.9 Å². The zero-order chi connectivity index (χ0) is 22.7. The molecule has 4 aromatic rings. The number of pyridine rings is 1. The molecule has 2 fully saturated rings. The predicted molar refractivity (Wildman–Crippen MR) is 120 cm³/mol. The van der Waals surface area contributed by atoms with E-state index in [4.69, 9.17) is 4.98 Å². The van der Waals surface area contributed by atoms with Crippen LogP contribution in [0.3, 0.4) is 0 Å². The molecule has 6 rings (SSSR count). The summed E-state index contributed by atoms with van der Waals surface area (Å²) in [5, 5.41) is 15.0. The number of halogens is 2. The Labute approximate surface area is 187 Å². The van der Waals surface area contributed by atoms with E-state index in [-0.39, 0.29) is 11.6 Å². The second-order valence-electron chi connectivity index (χ2n) is 8.71. The number of benzene rings is 1. The smallest absolute Gasteiger partial charge is 0.273 e. The second kappa shape index (κ2) is 7.51. The lowest BCUT2D eigenvalue weighted by Crippen LogP contribution is -2.27. The molecule has 0 spiro atoms. The number of fused-ring (bicyclic) bond motifs is 3. The van der Waals surface area contributed by atoms with Gasteiger partial charge in [0, 0.05) is 31.4 Å². The molecule has 5 heterocycles. The lowest BCUT2D eigenvalue weighted by molar-refractivity contribution is 0.198. The molecule has 2 atom stereocenters. The first-order valence-electron chi connectivity index (χ1n) is 11.0. The van der Waals surface area contributed by atoms with E-state index in [1.54, 1.807) is 22.8 Å². The van der Waals surface area contributed by atoms with Crippen LogP contribution in [0.15, 0.2) is 41.3 Å². The van der Waals surface area contributed by atoms with Crippen molar-refractivity contribution < 1.29 is 13.9 Å². The van der Waals surface area contributed by atoms with Crippen molar-refractivity contribution in [2.24, 2.45) is 0 Å². The molecule has 1 aromatic carbocycles. The van der Waals surface area contributed by atoms with Crippen molar-refractivity contribution in [3.8, 4) is 0 Å². The van der Waals surface area contributed by atoms with E-state index in [1.165, 1.54) is 6.07 Å². The summed E-state index contributed by atoms with van der Waals surface area (Å²) in [7, 11) is 0. The molecule has 0 saturated carbocycles. The maximum absolute atomic E-state index is 14.5. The van der Waals surface area contributed by atoms with E-state index in [2.05, 4.69) is 10.1 Å². The molecule has 0 radical (unpaired) electrons. The van der Waals surface area contributed by atoms with Crippen molar-refractivity contribution in [3.05, 3.63) is 64.1 Å². The van der Waals surface area contributed by atoms with Crippen molar-refractivity contribution in [2.45, 2.75) is 31.4 Å². The van der Waals surface area contributed by atoms with E-state index in [0.29, 0.717) is 66.2 Å². The van der Waals surface area contributed by atoms with Gasteiger partial charge in [-0.3, -0.25) is 4.79 Å². The van der Waals surface area contributed by atoms with Gasteiger partial charge in [0.15, 0.2) is 11.3 Å². The summed E-state index contributed by atoms with van der Waals surface area (Å²) in [5.74, 6) is -0.258. The van der Waals surface area contributed by atoms with Crippen molar-refractivity contribution in [1.29, 1.82) is 0 Å². The number of nitrogens with zero attached hydrogens (tertiary/aromatic N) is 5. The highest BCUT2D eigenvalue weighted by molar-refractivity contribution is 5.92. The van der Waals surface area contributed by atoms with Crippen LogP contribution in [-0.4, -0.2) is 50.4 Å². The molecule has 170 valence electrons. The van der Waals surface area contributed by atoms with E-state index in [1.807, 2.05) is 9.80 Å². The Morgan fingerprint density at radius 1 is 1.12 bits per heavy atom. The molecule has 1 unspecified atom stereocenters. The van der Waals surface area contributed by atoms with Crippen LogP contribution >= 0.6 is 0 Å². The number of H-pyrrole nitrogens is 1. The third-order valence-electron chi connectivity index (χ3n) is 6.62. The third-order valence-corrected chi connectivity index (χ3v) is 6.62. The highest BCUT2D eigenvalue weighted by Gasteiger charge is 2.30. The number of hydrogen-bond acceptors (Lipinski definition) is 6. The fraction of sp³-hybridized carbons (Fsp3) is 0.348. The third kappa shape index (κ3) is 3.32. The van der Waals surface area contributed by atoms with Crippen LogP contribution in [0.5, 0.6) is 0 Å². The zero-order valence-electron chi connectivity index (χ0n) is 17.7. The maximum atomic E-state index is 14.5. The molecule has 2 saturated heterocycles. The van der Waals surface area contributed by atoms with Crippen molar-refractivity contribution >= 4 is 28.2 Å². The van der Waals surface area contributed by atoms with Gasteiger partial charge in [0.2, 0.25) is 0 Å². The lowest BCUT2D eigenvalue weighted by Gasteiger charge is -2.26. The van der Waals surface area contributed by atoms with E-state index >= 15 is 0 Å². The van der Waals surface area contributed by atoms with Crippen molar-refractivity contribution in [1.82, 2.24) is 19.6 Å². The molecule has 2 N–H and O–H groups in total. The Hall–Kier alpha value is -3.53. The van der Waals surface area contributed by atoms with Gasteiger partial charge in [-0.2, -0.15) is 0 Å². The average Bonchev–Trinajstić information content (AvgIpc) is 3.52. The Balaban J connectivity index is 1.44. The normalized spacial score (nSPS) is 21.1. The first-order chi connectivity index (χ1) is 16.0. The minimum Gasteiger partial charge on any atom is -0.391 e. The van der Waals surface area contributed by atoms with Crippen LogP contribution in [-0.2, 0) is 0 Å². The monoisotopic (exact) mass is 452 g/mol. The van der Waals surface area contributed by atoms with Crippen LogP contribution < -0.4 is 15.4 Å². The predicted octanol–water partition coefficient (Wildman–Crippen LogP) is 2.76. The molecule has 0 aliphatic carbocycles. The van der Waals surface area contributed by atoms with Crippen LogP contribution in [0.2, 0.25) is 0 Å². The largest absolute Gasteiger partial charge is 0.391 e. The SMILES string of the molecule is O=c1[nH]c2nn3ccc(N4CCC[C@@H]4c4cc(F)ccc4F)nc3c2cc1N1CCC(O)C1. The molecule has 2 aliphatic heterocycles. The minimum atomic E-state index is -0.466. The number of hydrogen-bond donors (Lipinski definition) is 2. The van der Waals surface area contributed by atoms with E-state index < -0.39 is 17.7 Å². The summed E-state index contributed by atoms with van der Waals surface area (Å²) >= 11 is 0. The van der Waals surface area contributed by atoms with Gasteiger partial charge in [-0.15, -0.1) is 5.10 Å². The molecule has 3 aromatic heterocycles. The number of aliphatic hydroxyl groups excluding tert-OH is 1. The minimum absolute atomic E-state index is 0.263. The molecule has 2 aliphatic rings. The second-order valence-corrected chi connectivity index (χ2v) is 8.71. The Morgan fingerprint density at radius 3 is 2.82 bits per heavy atom. The summed E-state index contributed by atoms with van der Waals surface area (Å²) in [6, 6.07) is 6.79. The summed E-state index contributed by atoms with van der Waals surface area (Å²) in [6.07, 6.45) is 3.45. The fourth-order valence-electron chi connectivity index (χ4n) is 5.03. The molecule has 10 heteroatoms. The Bertz CT molecular complexity index is 1430. The standard InChI is InChI=1S/C23H22F2N6O2/c24-13-3-4-17(25)15(10-13)18-2-1-7-30(18)20-6-9-31-22(26-20)16-11-19(23(33)27-21(16)28-31)29-8-5-14(32)12-29/h3-4,6,9-11,14,18,32H,1-2,5,7-8,12H2,(H,27,28,33)/t14?,18-/m1/s1. The topological polar surface area (TPSA) is 89.8 Å². The summed E-state index contributed by atoms with van der Waals surface area (Å²) in [4.78, 5) is 24.1. The number of rotatable bonds is 3. The van der Waals surface area contributed by atoms with Crippen molar-refractivity contribution in [2.75, 3.05) is 29.4 Å². The fourth-order valence-corrected chi connectivity index (χ4v) is 5.03. The van der Waals surface area contributed by atoms with Gasteiger partial charge in [-0.05, 0) is 49.6 Å². The molecular weight excluding hydrogens is 430 g/mol. The number of aromatic nitrogens is 4. The molecular formula is C23H22F2N6O2. The average molecular weight is 452 g/mol. The maximum Gasteiger partial charge on any atom is 0.273 e. The first-order valence-corrected chi connectivity index (χ1v) is 11.0. The van der Waals surface area contributed by atoms with Crippen LogP contribution in [0.4, 0.5) is 20.3 Å². The van der Waals surface area contributed by atoms with Gasteiger partial charge >= 0.3 is 0 Å². The van der Waals surface area contributed by atoms with Crippen LogP contribution in [0.1, 0.15) is 30.9 Å².